The molecule has 1 rings (SSSR count). The number of nitrogens with one attached hydrogen (secondary N) is 4. The van der Waals surface area contributed by atoms with E-state index in [4.69, 9.17) is 17.4 Å². The number of carbonyl (C=O) groups is 5. The quantitative estimate of drug-likeness (QED) is 0.0374. The molecule has 202 valence electrons. The highest BCUT2D eigenvalue weighted by Gasteiger charge is 2.19. The lowest BCUT2D eigenvalue weighted by molar-refractivity contribution is -0.170. The van der Waals surface area contributed by atoms with Gasteiger partial charge in [0.2, 0.25) is 17.7 Å². The van der Waals surface area contributed by atoms with Gasteiger partial charge in [0.1, 0.15) is 32.8 Å². The van der Waals surface area contributed by atoms with Crippen LogP contribution in [0, 0.1) is 0 Å². The highest BCUT2D eigenvalue weighted by atomic mass is 32.1. The van der Waals surface area contributed by atoms with Crippen LogP contribution in [-0.2, 0) is 24.0 Å². The third kappa shape index (κ3) is 12.3. The number of nitrogens with zero attached hydrogens (tertiary/aromatic N) is 5. The van der Waals surface area contributed by atoms with E-state index in [-0.39, 0.29) is 20.3 Å². The number of carbonyl (C=O) groups excluding carboxylic acids is 5. The fourth-order valence-electron chi connectivity index (χ4n) is 2.15. The molecule has 0 radical (unpaired) electrons. The average molecular weight is 542 g/mol. The van der Waals surface area contributed by atoms with Gasteiger partial charge in [-0.05, 0) is 31.3 Å². The summed E-state index contributed by atoms with van der Waals surface area (Å²) in [5.74, 6) is -4.76. The number of aromatic nitrogens is 1. The zero-order valence-corrected chi connectivity index (χ0v) is 20.7. The summed E-state index contributed by atoms with van der Waals surface area (Å²) in [7, 11) is 0. The van der Waals surface area contributed by atoms with Crippen LogP contribution in [-0.4, -0.2) is 96.2 Å². The standard InChI is InChI=1S/C19H27N9O8S/c1-12(14-5-3-4-6-20-14)24-25-19(37)23-11-28(36)18(33)8-16(31)22-10-27(35)17(32)7-15(30)21-9-26(34)13(2)29/h3-6,34-36H,7-11H2,1-2H3,(H,21,30)(H,22,31)(H2,23,25,37)/b24-12+. The van der Waals surface area contributed by atoms with Crippen molar-refractivity contribution in [2.24, 2.45) is 5.10 Å². The normalized spacial score (nSPS) is 10.6. The summed E-state index contributed by atoms with van der Waals surface area (Å²) >= 11 is 4.98. The van der Waals surface area contributed by atoms with Gasteiger partial charge in [0.15, 0.2) is 5.11 Å². The molecule has 0 aromatic carbocycles. The highest BCUT2D eigenvalue weighted by Crippen LogP contribution is 1.96. The van der Waals surface area contributed by atoms with Crippen LogP contribution in [0.3, 0.4) is 0 Å². The Labute approximate surface area is 216 Å². The second-order valence-electron chi connectivity index (χ2n) is 7.06. The molecule has 17 nitrogen and oxygen atoms in total. The number of thiocarbonyl (C=S) groups is 1. The van der Waals surface area contributed by atoms with Crippen LogP contribution in [0.4, 0.5) is 0 Å². The maximum Gasteiger partial charge on any atom is 0.257 e. The molecule has 0 spiro atoms. The van der Waals surface area contributed by atoms with E-state index in [0.29, 0.717) is 11.4 Å². The minimum Gasteiger partial charge on any atom is -0.342 e. The first-order valence-corrected chi connectivity index (χ1v) is 10.8. The van der Waals surface area contributed by atoms with Gasteiger partial charge in [-0.3, -0.25) is 50.0 Å². The first-order valence-electron chi connectivity index (χ1n) is 10.4. The molecule has 0 atom stereocenters. The van der Waals surface area contributed by atoms with Crippen molar-refractivity contribution in [1.29, 1.82) is 0 Å². The summed E-state index contributed by atoms with van der Waals surface area (Å²) in [6.07, 6.45) is -0.0989. The van der Waals surface area contributed by atoms with Crippen molar-refractivity contribution in [3.05, 3.63) is 30.1 Å². The maximum absolute atomic E-state index is 11.9. The Morgan fingerprint density at radius 1 is 0.865 bits per heavy atom. The number of amides is 5. The minimum atomic E-state index is -1.12. The molecule has 7 N–H and O–H groups in total. The van der Waals surface area contributed by atoms with Gasteiger partial charge < -0.3 is 16.0 Å². The monoisotopic (exact) mass is 541 g/mol. The molecule has 0 bridgehead atoms. The number of hydrogen-bond donors (Lipinski definition) is 7. The van der Waals surface area contributed by atoms with Crippen LogP contribution in [0.25, 0.3) is 0 Å². The van der Waals surface area contributed by atoms with Crippen molar-refractivity contribution in [2.45, 2.75) is 26.7 Å². The zero-order chi connectivity index (χ0) is 28.0. The summed E-state index contributed by atoms with van der Waals surface area (Å²) in [6, 6.07) is 5.27. The molecule has 0 aliphatic heterocycles. The molecule has 5 amide bonds. The van der Waals surface area contributed by atoms with Crippen molar-refractivity contribution in [3.63, 3.8) is 0 Å². The second kappa shape index (κ2) is 15.7. The molecular formula is C19H27N9O8S. The molecule has 0 fully saturated rings. The van der Waals surface area contributed by atoms with Crippen LogP contribution in [0.1, 0.15) is 32.4 Å². The zero-order valence-electron chi connectivity index (χ0n) is 19.9. The fourth-order valence-corrected chi connectivity index (χ4v) is 2.26. The fraction of sp³-hybridized carbons (Fsp3) is 0.368. The molecule has 18 heteroatoms. The van der Waals surface area contributed by atoms with E-state index in [1.54, 1.807) is 31.3 Å². The SMILES string of the molecule is CC(=O)N(O)CNC(=O)CC(=O)N(O)CNC(=O)CC(=O)N(O)CNC(=S)N/N=C(\C)c1ccccn1. The molecule has 1 heterocycles. The summed E-state index contributed by atoms with van der Waals surface area (Å²) in [5.41, 5.74) is 3.64. The van der Waals surface area contributed by atoms with Crippen molar-refractivity contribution in [3.8, 4) is 0 Å². The van der Waals surface area contributed by atoms with E-state index >= 15 is 0 Å². The van der Waals surface area contributed by atoms with E-state index in [9.17, 15) is 34.4 Å². The molecule has 1 aromatic heterocycles. The van der Waals surface area contributed by atoms with E-state index in [2.05, 4.69) is 31.5 Å². The summed E-state index contributed by atoms with van der Waals surface area (Å²) in [4.78, 5) is 62.1. The van der Waals surface area contributed by atoms with Crippen LogP contribution < -0.4 is 21.4 Å². The Hall–Kier alpha value is -4.26. The highest BCUT2D eigenvalue weighted by molar-refractivity contribution is 7.80. The number of hydroxylamine groups is 6. The first kappa shape index (κ1) is 30.8. The lowest BCUT2D eigenvalue weighted by atomic mass is 10.3. The van der Waals surface area contributed by atoms with Gasteiger partial charge in [0.05, 0.1) is 11.4 Å². The van der Waals surface area contributed by atoms with Gasteiger partial charge in [-0.1, -0.05) is 6.07 Å². The predicted molar refractivity (Wildman–Crippen MR) is 127 cm³/mol. The third-order valence-corrected chi connectivity index (χ3v) is 4.40. The molecule has 0 saturated heterocycles. The van der Waals surface area contributed by atoms with E-state index in [1.807, 2.05) is 0 Å². The lowest BCUT2D eigenvalue weighted by Gasteiger charge is -2.18. The number of pyridine rings is 1. The van der Waals surface area contributed by atoms with Crippen LogP contribution >= 0.6 is 12.2 Å². The summed E-state index contributed by atoms with van der Waals surface area (Å²) in [6.45, 7) is 0.917. The van der Waals surface area contributed by atoms with Gasteiger partial charge in [-0.25, -0.2) is 15.2 Å². The number of rotatable bonds is 12. The number of hydrazone groups is 1. The van der Waals surface area contributed by atoms with Crippen molar-refractivity contribution < 1.29 is 39.6 Å². The summed E-state index contributed by atoms with van der Waals surface area (Å²) in [5, 5.41) is 39.5. The van der Waals surface area contributed by atoms with Gasteiger partial charge in [0, 0.05) is 13.1 Å². The van der Waals surface area contributed by atoms with Gasteiger partial charge >= 0.3 is 0 Å². The Morgan fingerprint density at radius 3 is 1.86 bits per heavy atom. The van der Waals surface area contributed by atoms with Gasteiger partial charge in [-0.2, -0.15) is 5.10 Å². The van der Waals surface area contributed by atoms with E-state index in [1.165, 1.54) is 0 Å². The number of hydrogen-bond acceptors (Lipinski definition) is 11. The first-order chi connectivity index (χ1) is 17.4. The third-order valence-electron chi connectivity index (χ3n) is 4.16. The molecule has 0 saturated carbocycles. The molecule has 1 aromatic rings. The van der Waals surface area contributed by atoms with Crippen LogP contribution in [0.5, 0.6) is 0 Å². The van der Waals surface area contributed by atoms with E-state index in [0.717, 1.165) is 6.92 Å². The average Bonchev–Trinajstić information content (AvgIpc) is 2.87. The Balaban J connectivity index is 2.33. The van der Waals surface area contributed by atoms with Gasteiger partial charge in [0.25, 0.3) is 11.8 Å². The van der Waals surface area contributed by atoms with Crippen molar-refractivity contribution >= 4 is 52.6 Å². The Kier molecular flexibility index (Phi) is 13.0. The Bertz CT molecular complexity index is 1020. The van der Waals surface area contributed by atoms with Crippen molar-refractivity contribution in [2.75, 3.05) is 20.0 Å². The maximum atomic E-state index is 11.9. The molecule has 0 aliphatic rings. The Morgan fingerprint density at radius 2 is 1.38 bits per heavy atom. The second-order valence-corrected chi connectivity index (χ2v) is 7.47. The van der Waals surface area contributed by atoms with Crippen LogP contribution in [0.2, 0.25) is 0 Å². The topological polar surface area (TPSA) is 229 Å². The molecule has 0 aliphatic carbocycles. The van der Waals surface area contributed by atoms with E-state index < -0.39 is 62.4 Å². The van der Waals surface area contributed by atoms with Crippen molar-refractivity contribution in [1.82, 2.24) is 41.5 Å². The largest absolute Gasteiger partial charge is 0.342 e. The summed E-state index contributed by atoms with van der Waals surface area (Å²) < 4.78 is 0. The molecule has 37 heavy (non-hydrogen) atoms. The smallest absolute Gasteiger partial charge is 0.257 e. The lowest BCUT2D eigenvalue weighted by Crippen LogP contribution is -2.45. The van der Waals surface area contributed by atoms with Crippen LogP contribution in [0.15, 0.2) is 29.5 Å². The minimum absolute atomic E-state index is 0.0134. The predicted octanol–water partition coefficient (Wildman–Crippen LogP) is -2.17. The molecular weight excluding hydrogens is 514 g/mol. The molecule has 0 unspecified atom stereocenters. The van der Waals surface area contributed by atoms with Gasteiger partial charge in [-0.15, -0.1) is 0 Å².